The fraction of sp³-hybridized carbons (Fsp3) is 0.385. The summed E-state index contributed by atoms with van der Waals surface area (Å²) < 4.78 is 17.0. The number of hydrogen-bond acceptors (Lipinski definition) is 7. The zero-order chi connectivity index (χ0) is 24.2. The Bertz CT molecular complexity index is 1100. The van der Waals surface area contributed by atoms with Crippen LogP contribution in [0.25, 0.3) is 5.76 Å². The van der Waals surface area contributed by atoms with Crippen molar-refractivity contribution < 1.29 is 34.0 Å². The minimum atomic E-state index is -0.877. The number of carbonyl (C=O) groups excluding carboxylic acids is 2. The number of hydrogen-bond donors (Lipinski definition) is 2. The Morgan fingerprint density at radius 2 is 1.91 bits per heavy atom. The summed E-state index contributed by atoms with van der Waals surface area (Å²) in [4.78, 5) is 27.8. The van der Waals surface area contributed by atoms with E-state index in [-0.39, 0.29) is 35.3 Å². The average Bonchev–Trinajstić information content (AvgIpc) is 3.42. The smallest absolute Gasteiger partial charge is 0.295 e. The van der Waals surface area contributed by atoms with E-state index in [1.165, 1.54) is 17.0 Å². The molecule has 2 fully saturated rings. The molecule has 2 unspecified atom stereocenters. The predicted octanol–water partition coefficient (Wildman–Crippen LogP) is 3.79. The van der Waals surface area contributed by atoms with Gasteiger partial charge in [0.15, 0.2) is 0 Å². The molecule has 2 aromatic carbocycles. The third-order valence-corrected chi connectivity index (χ3v) is 5.97. The van der Waals surface area contributed by atoms with Crippen molar-refractivity contribution in [3.63, 3.8) is 0 Å². The lowest BCUT2D eigenvalue weighted by Crippen LogP contribution is -2.36. The number of ether oxygens (including phenoxy) is 3. The van der Waals surface area contributed by atoms with Crippen LogP contribution >= 0.6 is 0 Å². The zero-order valence-corrected chi connectivity index (χ0v) is 19.3. The van der Waals surface area contributed by atoms with Gasteiger partial charge >= 0.3 is 0 Å². The number of aliphatic hydroxyl groups is 1. The summed E-state index contributed by atoms with van der Waals surface area (Å²) in [7, 11) is 0. The second-order valence-electron chi connectivity index (χ2n) is 8.21. The first kappa shape index (κ1) is 23.6. The Labute approximate surface area is 198 Å². The van der Waals surface area contributed by atoms with Gasteiger partial charge in [0.25, 0.3) is 11.7 Å². The van der Waals surface area contributed by atoms with Crippen molar-refractivity contribution >= 4 is 17.4 Å². The van der Waals surface area contributed by atoms with Gasteiger partial charge in [-0.3, -0.25) is 9.59 Å². The first-order valence-electron chi connectivity index (χ1n) is 11.5. The molecule has 2 saturated heterocycles. The lowest BCUT2D eigenvalue weighted by Gasteiger charge is -2.27. The number of aromatic hydroxyl groups is 1. The molecule has 8 nitrogen and oxygen atoms in total. The Morgan fingerprint density at radius 1 is 1.12 bits per heavy atom. The highest BCUT2D eigenvalue weighted by Crippen LogP contribution is 2.42. The van der Waals surface area contributed by atoms with Gasteiger partial charge in [0.05, 0.1) is 36.5 Å². The SMILES string of the molecule is CCOc1ccc(/C(O)=C2/C(=O)C(=O)N(CC3CCCO3)C2c2cccc(O)c2)c(OCC)c1. The summed E-state index contributed by atoms with van der Waals surface area (Å²) in [5.74, 6) is -0.949. The van der Waals surface area contributed by atoms with Gasteiger partial charge in [-0.05, 0) is 56.5 Å². The lowest BCUT2D eigenvalue weighted by molar-refractivity contribution is -0.140. The van der Waals surface area contributed by atoms with Crippen molar-refractivity contribution in [2.75, 3.05) is 26.4 Å². The van der Waals surface area contributed by atoms with Crippen LogP contribution in [0.5, 0.6) is 17.2 Å². The summed E-state index contributed by atoms with van der Waals surface area (Å²) in [6.45, 7) is 5.28. The molecule has 2 aliphatic rings. The van der Waals surface area contributed by atoms with Crippen molar-refractivity contribution in [1.29, 1.82) is 0 Å². The molecule has 0 bridgehead atoms. The molecule has 0 spiro atoms. The second kappa shape index (κ2) is 10.2. The Hall–Kier alpha value is -3.52. The number of likely N-dealkylation sites (tertiary alicyclic amines) is 1. The maximum atomic E-state index is 13.2. The van der Waals surface area contributed by atoms with Crippen LogP contribution in [0.15, 0.2) is 48.0 Å². The van der Waals surface area contributed by atoms with Gasteiger partial charge in [-0.1, -0.05) is 12.1 Å². The molecule has 1 amide bonds. The predicted molar refractivity (Wildman–Crippen MR) is 125 cm³/mol. The zero-order valence-electron chi connectivity index (χ0n) is 19.3. The largest absolute Gasteiger partial charge is 0.508 e. The molecule has 2 N–H and O–H groups in total. The van der Waals surface area contributed by atoms with E-state index in [0.29, 0.717) is 36.9 Å². The van der Waals surface area contributed by atoms with Gasteiger partial charge in [0.1, 0.15) is 23.0 Å². The van der Waals surface area contributed by atoms with Crippen LogP contribution in [-0.4, -0.2) is 59.3 Å². The summed E-state index contributed by atoms with van der Waals surface area (Å²) in [6.07, 6.45) is 1.47. The lowest BCUT2D eigenvalue weighted by atomic mass is 9.94. The van der Waals surface area contributed by atoms with Gasteiger partial charge in [-0.2, -0.15) is 0 Å². The van der Waals surface area contributed by atoms with Crippen LogP contribution in [-0.2, 0) is 14.3 Å². The molecule has 34 heavy (non-hydrogen) atoms. The van der Waals surface area contributed by atoms with E-state index in [9.17, 15) is 19.8 Å². The van der Waals surface area contributed by atoms with Crippen LogP contribution < -0.4 is 9.47 Å². The van der Waals surface area contributed by atoms with Crippen LogP contribution in [0.4, 0.5) is 0 Å². The fourth-order valence-electron chi connectivity index (χ4n) is 4.49. The molecule has 0 saturated carbocycles. The molecule has 2 heterocycles. The molecule has 8 heteroatoms. The second-order valence-corrected chi connectivity index (χ2v) is 8.21. The molecular formula is C26H29NO7. The third kappa shape index (κ3) is 4.59. The van der Waals surface area contributed by atoms with Gasteiger partial charge < -0.3 is 29.3 Å². The Balaban J connectivity index is 1.84. The standard InChI is InChI=1S/C26H29NO7/c1-3-32-18-10-11-20(21(14-18)33-4-2)24(29)22-23(16-7-5-8-17(28)13-16)27(26(31)25(22)30)15-19-9-6-12-34-19/h5,7-8,10-11,13-14,19,23,28-29H,3-4,6,9,12,15H2,1-2H3/b24-22-. The van der Waals surface area contributed by atoms with E-state index in [1.807, 2.05) is 13.8 Å². The topological polar surface area (TPSA) is 106 Å². The number of phenolic OH excluding ortho intramolecular Hbond substituents is 1. The number of ketones is 1. The van der Waals surface area contributed by atoms with E-state index in [2.05, 4.69) is 0 Å². The monoisotopic (exact) mass is 467 g/mol. The Kier molecular flexibility index (Phi) is 7.07. The van der Waals surface area contributed by atoms with E-state index in [1.54, 1.807) is 30.3 Å². The van der Waals surface area contributed by atoms with Gasteiger partial charge in [0.2, 0.25) is 0 Å². The van der Waals surface area contributed by atoms with Crippen LogP contribution in [0.1, 0.15) is 43.9 Å². The summed E-state index contributed by atoms with van der Waals surface area (Å²) >= 11 is 0. The van der Waals surface area contributed by atoms with E-state index >= 15 is 0 Å². The molecule has 0 aromatic heterocycles. The van der Waals surface area contributed by atoms with E-state index in [0.717, 1.165) is 12.8 Å². The number of carbonyl (C=O) groups is 2. The van der Waals surface area contributed by atoms with Crippen molar-refractivity contribution in [1.82, 2.24) is 4.90 Å². The average molecular weight is 468 g/mol. The summed E-state index contributed by atoms with van der Waals surface area (Å²) in [5, 5.41) is 21.5. The van der Waals surface area contributed by atoms with Crippen molar-refractivity contribution in [3.8, 4) is 17.2 Å². The molecular weight excluding hydrogens is 438 g/mol. The van der Waals surface area contributed by atoms with Crippen molar-refractivity contribution in [2.24, 2.45) is 0 Å². The van der Waals surface area contributed by atoms with Gasteiger partial charge in [-0.15, -0.1) is 0 Å². The van der Waals surface area contributed by atoms with E-state index < -0.39 is 17.7 Å². The number of aliphatic hydroxyl groups excluding tert-OH is 1. The van der Waals surface area contributed by atoms with Crippen molar-refractivity contribution in [3.05, 3.63) is 59.2 Å². The van der Waals surface area contributed by atoms with Gasteiger partial charge in [0, 0.05) is 19.2 Å². The molecule has 2 atom stereocenters. The van der Waals surface area contributed by atoms with Gasteiger partial charge in [-0.25, -0.2) is 0 Å². The minimum absolute atomic E-state index is 0.00345. The number of Topliss-reactive ketones (excluding diaryl/α,β-unsaturated/α-hetero) is 1. The van der Waals surface area contributed by atoms with Crippen LogP contribution in [0, 0.1) is 0 Å². The third-order valence-electron chi connectivity index (χ3n) is 5.97. The van der Waals surface area contributed by atoms with Crippen LogP contribution in [0.3, 0.4) is 0 Å². The number of benzene rings is 2. The molecule has 0 aliphatic carbocycles. The Morgan fingerprint density at radius 3 is 2.59 bits per heavy atom. The molecule has 2 aliphatic heterocycles. The number of nitrogens with zero attached hydrogens (tertiary/aromatic N) is 1. The maximum Gasteiger partial charge on any atom is 0.295 e. The highest BCUT2D eigenvalue weighted by atomic mass is 16.5. The maximum absolute atomic E-state index is 13.2. The molecule has 180 valence electrons. The first-order valence-corrected chi connectivity index (χ1v) is 11.5. The molecule has 4 rings (SSSR count). The number of rotatable bonds is 8. The van der Waals surface area contributed by atoms with Crippen molar-refractivity contribution in [2.45, 2.75) is 38.8 Å². The minimum Gasteiger partial charge on any atom is -0.508 e. The molecule has 0 radical (unpaired) electrons. The highest BCUT2D eigenvalue weighted by Gasteiger charge is 2.47. The van der Waals surface area contributed by atoms with E-state index in [4.69, 9.17) is 14.2 Å². The summed E-state index contributed by atoms with van der Waals surface area (Å²) in [5.41, 5.74) is 0.743. The van der Waals surface area contributed by atoms with Crippen LogP contribution in [0.2, 0.25) is 0 Å². The normalized spacial score (nSPS) is 21.8. The number of amides is 1. The fourth-order valence-corrected chi connectivity index (χ4v) is 4.49. The number of phenols is 1. The highest BCUT2D eigenvalue weighted by molar-refractivity contribution is 6.46. The quantitative estimate of drug-likeness (QED) is 0.346. The first-order chi connectivity index (χ1) is 16.4. The molecule has 2 aromatic rings. The summed E-state index contributed by atoms with van der Waals surface area (Å²) in [6, 6.07) is 10.4.